The first kappa shape index (κ1) is 14.1. The van der Waals surface area contributed by atoms with Crippen LogP contribution in [0, 0.1) is 6.92 Å². The van der Waals surface area contributed by atoms with Crippen molar-refractivity contribution in [3.8, 4) is 0 Å². The maximum Gasteiger partial charge on any atom is 0.240 e. The van der Waals surface area contributed by atoms with Gasteiger partial charge in [-0.2, -0.15) is 0 Å². The Balaban J connectivity index is 0.000000583. The normalized spacial score (nSPS) is 10.4. The zero-order chi connectivity index (χ0) is 11.9. The lowest BCUT2D eigenvalue weighted by Gasteiger charge is -2.01. The van der Waals surface area contributed by atoms with Crippen molar-refractivity contribution in [1.82, 2.24) is 4.72 Å². The van der Waals surface area contributed by atoms with Gasteiger partial charge >= 0.3 is 0 Å². The first-order chi connectivity index (χ1) is 6.97. The van der Waals surface area contributed by atoms with Crippen molar-refractivity contribution in [1.29, 1.82) is 0 Å². The number of aryl methyl sites for hydroxylation is 1. The van der Waals surface area contributed by atoms with E-state index in [1.807, 2.05) is 6.92 Å². The van der Waals surface area contributed by atoms with Gasteiger partial charge in [-0.25, -0.2) is 13.1 Å². The van der Waals surface area contributed by atoms with Gasteiger partial charge in [0.15, 0.2) is 0 Å². The third kappa shape index (κ3) is 4.95. The minimum atomic E-state index is -3.26. The van der Waals surface area contributed by atoms with Gasteiger partial charge in [0.05, 0.1) is 4.90 Å². The summed E-state index contributed by atoms with van der Waals surface area (Å²) in [4.78, 5) is 0.301. The molecular formula is C11H19NO2S. The second-order valence-electron chi connectivity index (χ2n) is 3.23. The molecule has 0 unspecified atom stereocenters. The molecule has 0 aliphatic heterocycles. The Hall–Kier alpha value is -0.870. The minimum Gasteiger partial charge on any atom is -0.214 e. The Morgan fingerprint density at radius 2 is 1.53 bits per heavy atom. The van der Waals surface area contributed by atoms with Gasteiger partial charge in [-0.15, -0.1) is 0 Å². The van der Waals surface area contributed by atoms with Crippen LogP contribution in [0.2, 0.25) is 0 Å². The first-order valence-corrected chi connectivity index (χ1v) is 6.46. The van der Waals surface area contributed by atoms with Crippen LogP contribution in [0.25, 0.3) is 0 Å². The highest BCUT2D eigenvalue weighted by Gasteiger charge is 2.09. The maximum atomic E-state index is 11.2. The number of hydrogen-bond donors (Lipinski definition) is 1. The third-order valence-electron chi connectivity index (χ3n) is 1.60. The van der Waals surface area contributed by atoms with Crippen LogP contribution in [-0.4, -0.2) is 15.5 Å². The lowest BCUT2D eigenvalue weighted by molar-refractivity contribution is 0.588. The average Bonchev–Trinajstić information content (AvgIpc) is 2.20. The van der Waals surface area contributed by atoms with E-state index >= 15 is 0 Å². The van der Waals surface area contributed by atoms with Gasteiger partial charge in [0.1, 0.15) is 0 Å². The molecule has 0 aliphatic rings. The molecular weight excluding hydrogens is 210 g/mol. The van der Waals surface area contributed by atoms with Crippen LogP contribution >= 0.6 is 0 Å². The van der Waals surface area contributed by atoms with Gasteiger partial charge in [0.2, 0.25) is 10.0 Å². The highest BCUT2D eigenvalue weighted by atomic mass is 32.2. The van der Waals surface area contributed by atoms with Crippen LogP contribution in [0.3, 0.4) is 0 Å². The topological polar surface area (TPSA) is 46.2 Å². The summed E-state index contributed by atoms with van der Waals surface area (Å²) >= 11 is 0. The first-order valence-electron chi connectivity index (χ1n) is 4.98. The van der Waals surface area contributed by atoms with Crippen LogP contribution in [0.1, 0.15) is 25.8 Å². The SMILES string of the molecule is CCC.CNS(=O)(=O)c1ccc(C)cc1. The molecule has 0 atom stereocenters. The molecule has 1 N–H and O–H groups in total. The highest BCUT2D eigenvalue weighted by Crippen LogP contribution is 2.08. The van der Waals surface area contributed by atoms with Crippen molar-refractivity contribution < 1.29 is 8.42 Å². The van der Waals surface area contributed by atoms with Crippen molar-refractivity contribution in [3.63, 3.8) is 0 Å². The molecule has 0 aromatic heterocycles. The Labute approximate surface area is 92.6 Å². The number of nitrogens with one attached hydrogen (secondary N) is 1. The third-order valence-corrected chi connectivity index (χ3v) is 3.03. The number of sulfonamides is 1. The molecule has 0 fully saturated rings. The fraction of sp³-hybridized carbons (Fsp3) is 0.455. The van der Waals surface area contributed by atoms with Crippen molar-refractivity contribution >= 4 is 10.0 Å². The van der Waals surface area contributed by atoms with Gasteiger partial charge in [-0.05, 0) is 26.1 Å². The maximum absolute atomic E-state index is 11.2. The lowest BCUT2D eigenvalue weighted by atomic mass is 10.2. The van der Waals surface area contributed by atoms with Crippen LogP contribution in [0.5, 0.6) is 0 Å². The van der Waals surface area contributed by atoms with Crippen molar-refractivity contribution in [3.05, 3.63) is 29.8 Å². The zero-order valence-corrected chi connectivity index (χ0v) is 10.6. The summed E-state index contributed by atoms with van der Waals surface area (Å²) in [7, 11) is -1.87. The standard InChI is InChI=1S/C8H11NO2S.C3H8/c1-7-3-5-8(6-4-7)12(10,11)9-2;1-3-2/h3-6,9H,1-2H3;3H2,1-2H3. The fourth-order valence-corrected chi connectivity index (χ4v) is 1.57. The quantitative estimate of drug-likeness (QED) is 0.846. The number of benzene rings is 1. The molecule has 3 nitrogen and oxygen atoms in total. The summed E-state index contributed by atoms with van der Waals surface area (Å²) in [5.74, 6) is 0. The van der Waals surface area contributed by atoms with Crippen LogP contribution in [0.4, 0.5) is 0 Å². The van der Waals surface area contributed by atoms with Crippen LogP contribution in [0.15, 0.2) is 29.2 Å². The van der Waals surface area contributed by atoms with E-state index in [4.69, 9.17) is 0 Å². The van der Waals surface area contributed by atoms with E-state index in [-0.39, 0.29) is 0 Å². The summed E-state index contributed by atoms with van der Waals surface area (Å²) in [5, 5.41) is 0. The minimum absolute atomic E-state index is 0.301. The summed E-state index contributed by atoms with van der Waals surface area (Å²) in [6.07, 6.45) is 1.25. The monoisotopic (exact) mass is 229 g/mol. The van der Waals surface area contributed by atoms with E-state index in [0.29, 0.717) is 4.90 Å². The molecule has 1 rings (SSSR count). The second kappa shape index (κ2) is 6.58. The molecule has 1 aromatic rings. The van der Waals surface area contributed by atoms with E-state index in [2.05, 4.69) is 18.6 Å². The molecule has 0 aliphatic carbocycles. The van der Waals surface area contributed by atoms with Crippen molar-refractivity contribution in [2.24, 2.45) is 0 Å². The molecule has 0 amide bonds. The molecule has 0 radical (unpaired) electrons. The fourth-order valence-electron chi connectivity index (χ4n) is 0.835. The Bertz CT molecular complexity index is 368. The predicted octanol–water partition coefficient (Wildman–Crippen LogP) is 2.32. The summed E-state index contributed by atoms with van der Waals surface area (Å²) in [6, 6.07) is 6.71. The lowest BCUT2D eigenvalue weighted by Crippen LogP contribution is -2.18. The van der Waals surface area contributed by atoms with Gasteiger partial charge in [0.25, 0.3) is 0 Å². The number of rotatable bonds is 2. The Morgan fingerprint density at radius 3 is 1.87 bits per heavy atom. The smallest absolute Gasteiger partial charge is 0.214 e. The molecule has 4 heteroatoms. The zero-order valence-electron chi connectivity index (χ0n) is 9.74. The van der Waals surface area contributed by atoms with E-state index in [1.54, 1.807) is 24.3 Å². The Kier molecular flexibility index (Phi) is 6.20. The molecule has 1 aromatic carbocycles. The highest BCUT2D eigenvalue weighted by molar-refractivity contribution is 7.89. The molecule has 0 bridgehead atoms. The van der Waals surface area contributed by atoms with E-state index in [9.17, 15) is 8.42 Å². The summed E-state index contributed by atoms with van der Waals surface area (Å²) < 4.78 is 24.7. The number of hydrogen-bond acceptors (Lipinski definition) is 2. The van der Waals surface area contributed by atoms with Gasteiger partial charge < -0.3 is 0 Å². The van der Waals surface area contributed by atoms with Crippen molar-refractivity contribution in [2.75, 3.05) is 7.05 Å². The summed E-state index contributed by atoms with van der Waals surface area (Å²) in [5.41, 5.74) is 1.05. The van der Waals surface area contributed by atoms with E-state index < -0.39 is 10.0 Å². The van der Waals surface area contributed by atoms with Crippen LogP contribution < -0.4 is 4.72 Å². The molecule has 15 heavy (non-hydrogen) atoms. The summed E-state index contributed by atoms with van der Waals surface area (Å²) in [6.45, 7) is 6.16. The molecule has 0 spiro atoms. The van der Waals surface area contributed by atoms with Crippen LogP contribution in [-0.2, 0) is 10.0 Å². The van der Waals surface area contributed by atoms with Gasteiger partial charge in [0, 0.05) is 0 Å². The molecule has 0 saturated heterocycles. The molecule has 0 heterocycles. The van der Waals surface area contributed by atoms with Gasteiger partial charge in [-0.1, -0.05) is 38.0 Å². The average molecular weight is 229 g/mol. The largest absolute Gasteiger partial charge is 0.240 e. The van der Waals surface area contributed by atoms with Crippen molar-refractivity contribution in [2.45, 2.75) is 32.1 Å². The second-order valence-corrected chi connectivity index (χ2v) is 5.11. The Morgan fingerprint density at radius 1 is 1.13 bits per heavy atom. The van der Waals surface area contributed by atoms with E-state index in [0.717, 1.165) is 5.56 Å². The predicted molar refractivity (Wildman–Crippen MR) is 63.4 cm³/mol. The van der Waals surface area contributed by atoms with E-state index in [1.165, 1.54) is 13.5 Å². The molecule has 86 valence electrons. The molecule has 0 saturated carbocycles. The van der Waals surface area contributed by atoms with Gasteiger partial charge in [-0.3, -0.25) is 0 Å².